The summed E-state index contributed by atoms with van der Waals surface area (Å²) in [6, 6.07) is 0. The van der Waals surface area contributed by atoms with Crippen LogP contribution in [0.3, 0.4) is 0 Å². The van der Waals surface area contributed by atoms with Crippen LogP contribution >= 0.6 is 0 Å². The monoisotopic (exact) mass is 212 g/mol. The number of aryl methyl sites for hydroxylation is 1. The molecule has 0 amide bonds. The molecule has 1 aromatic rings. The summed E-state index contributed by atoms with van der Waals surface area (Å²) in [6.07, 6.45) is 2.39. The first-order valence-electron chi connectivity index (χ1n) is 4.97. The van der Waals surface area contributed by atoms with Crippen molar-refractivity contribution in [2.45, 2.75) is 25.4 Å². The van der Waals surface area contributed by atoms with Crippen molar-refractivity contribution in [3.63, 3.8) is 0 Å². The number of rotatable bonds is 3. The quantitative estimate of drug-likeness (QED) is 0.714. The molecule has 0 spiro atoms. The standard InChI is InChI=1S/C10H13FN2O2/c1-3-15-9(14)7-6-13(2)12-8(7)10(11)4-5-10/h6H,3-5H2,1-2H3. The van der Waals surface area contributed by atoms with Gasteiger partial charge in [-0.2, -0.15) is 5.10 Å². The number of carbonyl (C=O) groups excluding carboxylic acids is 1. The van der Waals surface area contributed by atoms with Crippen molar-refractivity contribution < 1.29 is 13.9 Å². The summed E-state index contributed by atoms with van der Waals surface area (Å²) >= 11 is 0. The number of halogens is 1. The summed E-state index contributed by atoms with van der Waals surface area (Å²) in [7, 11) is 1.66. The van der Waals surface area contributed by atoms with Crippen molar-refractivity contribution in [1.29, 1.82) is 0 Å². The first-order chi connectivity index (χ1) is 7.07. The lowest BCUT2D eigenvalue weighted by atomic mass is 10.1. The minimum absolute atomic E-state index is 0.225. The molecule has 0 N–H and O–H groups in total. The molecule has 1 heterocycles. The Labute approximate surface area is 87.0 Å². The number of ether oxygens (including phenoxy) is 1. The predicted octanol–water partition coefficient (Wildman–Crippen LogP) is 1.56. The van der Waals surface area contributed by atoms with Gasteiger partial charge in [0.25, 0.3) is 0 Å². The molecule has 2 rings (SSSR count). The fraction of sp³-hybridized carbons (Fsp3) is 0.600. The van der Waals surface area contributed by atoms with Crippen LogP contribution < -0.4 is 0 Å². The molecular formula is C10H13FN2O2. The Morgan fingerprint density at radius 2 is 2.40 bits per heavy atom. The van der Waals surface area contributed by atoms with Gasteiger partial charge in [0.2, 0.25) is 0 Å². The van der Waals surface area contributed by atoms with Gasteiger partial charge >= 0.3 is 5.97 Å². The van der Waals surface area contributed by atoms with E-state index in [1.165, 1.54) is 10.9 Å². The maximum atomic E-state index is 13.8. The first kappa shape index (κ1) is 10.1. The number of nitrogens with zero attached hydrogens (tertiary/aromatic N) is 2. The Bertz CT molecular complexity index is 396. The average molecular weight is 212 g/mol. The lowest BCUT2D eigenvalue weighted by Gasteiger charge is -2.04. The van der Waals surface area contributed by atoms with Gasteiger partial charge in [-0.25, -0.2) is 9.18 Å². The van der Waals surface area contributed by atoms with Crippen molar-refractivity contribution >= 4 is 5.97 Å². The summed E-state index contributed by atoms with van der Waals surface area (Å²) in [5.41, 5.74) is -0.925. The molecule has 1 aliphatic rings. The van der Waals surface area contributed by atoms with Crippen LogP contribution in [-0.4, -0.2) is 22.4 Å². The normalized spacial score (nSPS) is 17.5. The van der Waals surface area contributed by atoms with E-state index in [0.29, 0.717) is 12.8 Å². The molecule has 4 nitrogen and oxygen atoms in total. The fourth-order valence-electron chi connectivity index (χ4n) is 1.52. The first-order valence-corrected chi connectivity index (χ1v) is 4.97. The second-order valence-corrected chi connectivity index (χ2v) is 3.75. The van der Waals surface area contributed by atoms with Crippen molar-refractivity contribution in [1.82, 2.24) is 9.78 Å². The van der Waals surface area contributed by atoms with Gasteiger partial charge in [0.05, 0.1) is 6.61 Å². The highest BCUT2D eigenvalue weighted by molar-refractivity contribution is 5.90. The zero-order valence-corrected chi connectivity index (χ0v) is 8.79. The van der Waals surface area contributed by atoms with Gasteiger partial charge < -0.3 is 4.74 Å². The van der Waals surface area contributed by atoms with Crippen LogP contribution in [0.4, 0.5) is 4.39 Å². The molecule has 82 valence electrons. The number of hydrogen-bond donors (Lipinski definition) is 0. The Morgan fingerprint density at radius 1 is 1.73 bits per heavy atom. The molecule has 0 atom stereocenters. The minimum Gasteiger partial charge on any atom is -0.462 e. The number of alkyl halides is 1. The van der Waals surface area contributed by atoms with Gasteiger partial charge in [0, 0.05) is 13.2 Å². The van der Waals surface area contributed by atoms with E-state index in [4.69, 9.17) is 4.74 Å². The number of hydrogen-bond acceptors (Lipinski definition) is 3. The smallest absolute Gasteiger partial charge is 0.341 e. The minimum atomic E-state index is -1.40. The topological polar surface area (TPSA) is 44.1 Å². The van der Waals surface area contributed by atoms with E-state index in [9.17, 15) is 9.18 Å². The lowest BCUT2D eigenvalue weighted by Crippen LogP contribution is -2.10. The van der Waals surface area contributed by atoms with Crippen LogP contribution in [0.2, 0.25) is 0 Å². The van der Waals surface area contributed by atoms with Crippen LogP contribution in [0.25, 0.3) is 0 Å². The zero-order chi connectivity index (χ0) is 11.1. The van der Waals surface area contributed by atoms with Crippen LogP contribution in [-0.2, 0) is 17.5 Å². The molecule has 1 aliphatic carbocycles. The molecule has 0 radical (unpaired) electrons. The Kier molecular flexibility index (Phi) is 2.25. The number of aromatic nitrogens is 2. The van der Waals surface area contributed by atoms with Gasteiger partial charge in [0.1, 0.15) is 11.3 Å². The third kappa shape index (κ3) is 1.73. The van der Waals surface area contributed by atoms with Gasteiger partial charge in [-0.05, 0) is 19.8 Å². The van der Waals surface area contributed by atoms with Crippen molar-refractivity contribution in [2.24, 2.45) is 7.05 Å². The fourth-order valence-corrected chi connectivity index (χ4v) is 1.52. The third-order valence-electron chi connectivity index (χ3n) is 2.44. The van der Waals surface area contributed by atoms with Crippen LogP contribution in [0, 0.1) is 0 Å². The molecule has 0 saturated heterocycles. The molecular weight excluding hydrogens is 199 g/mol. The Hall–Kier alpha value is -1.39. The summed E-state index contributed by atoms with van der Waals surface area (Å²) in [5.74, 6) is -0.496. The second kappa shape index (κ2) is 3.32. The van der Waals surface area contributed by atoms with Gasteiger partial charge in [-0.1, -0.05) is 0 Å². The van der Waals surface area contributed by atoms with E-state index in [1.807, 2.05) is 0 Å². The SMILES string of the molecule is CCOC(=O)c1cn(C)nc1C1(F)CC1. The highest BCUT2D eigenvalue weighted by Crippen LogP contribution is 2.49. The molecule has 1 aromatic heterocycles. The van der Waals surface area contributed by atoms with Crippen LogP contribution in [0.15, 0.2) is 6.20 Å². The molecule has 1 fully saturated rings. The van der Waals surface area contributed by atoms with Crippen LogP contribution in [0.1, 0.15) is 35.8 Å². The predicted molar refractivity (Wildman–Crippen MR) is 51.2 cm³/mol. The molecule has 0 unspecified atom stereocenters. The number of carbonyl (C=O) groups is 1. The van der Waals surface area contributed by atoms with Crippen molar-refractivity contribution in [3.8, 4) is 0 Å². The molecule has 0 bridgehead atoms. The van der Waals surface area contributed by atoms with E-state index >= 15 is 0 Å². The van der Waals surface area contributed by atoms with Crippen molar-refractivity contribution in [3.05, 3.63) is 17.5 Å². The summed E-state index contributed by atoms with van der Waals surface area (Å²) in [6.45, 7) is 2.00. The van der Waals surface area contributed by atoms with Crippen molar-refractivity contribution in [2.75, 3.05) is 6.61 Å². The number of esters is 1. The van der Waals surface area contributed by atoms with E-state index in [0.717, 1.165) is 0 Å². The summed E-state index contributed by atoms with van der Waals surface area (Å²) in [5, 5.41) is 3.99. The Morgan fingerprint density at radius 3 is 2.93 bits per heavy atom. The zero-order valence-electron chi connectivity index (χ0n) is 8.79. The molecule has 1 saturated carbocycles. The van der Waals surface area contributed by atoms with Gasteiger partial charge in [0.15, 0.2) is 5.67 Å². The molecule has 0 aromatic carbocycles. The second-order valence-electron chi connectivity index (χ2n) is 3.75. The summed E-state index contributed by atoms with van der Waals surface area (Å²) < 4.78 is 20.1. The molecule has 15 heavy (non-hydrogen) atoms. The lowest BCUT2D eigenvalue weighted by molar-refractivity contribution is 0.0521. The Balaban J connectivity index is 2.33. The van der Waals surface area contributed by atoms with Gasteiger partial charge in [-0.3, -0.25) is 4.68 Å². The maximum Gasteiger partial charge on any atom is 0.341 e. The van der Waals surface area contributed by atoms with E-state index in [-0.39, 0.29) is 17.9 Å². The highest BCUT2D eigenvalue weighted by Gasteiger charge is 2.49. The van der Waals surface area contributed by atoms with E-state index in [2.05, 4.69) is 5.10 Å². The van der Waals surface area contributed by atoms with E-state index < -0.39 is 11.6 Å². The van der Waals surface area contributed by atoms with Gasteiger partial charge in [-0.15, -0.1) is 0 Å². The largest absolute Gasteiger partial charge is 0.462 e. The summed E-state index contributed by atoms with van der Waals surface area (Å²) in [4.78, 5) is 11.5. The molecule has 0 aliphatic heterocycles. The maximum absolute atomic E-state index is 13.8. The average Bonchev–Trinajstić information content (AvgIpc) is 2.78. The molecule has 5 heteroatoms. The van der Waals surface area contributed by atoms with E-state index in [1.54, 1.807) is 14.0 Å². The highest BCUT2D eigenvalue weighted by atomic mass is 19.1. The van der Waals surface area contributed by atoms with Crippen LogP contribution in [0.5, 0.6) is 0 Å². The third-order valence-corrected chi connectivity index (χ3v) is 2.44.